The van der Waals surface area contributed by atoms with Gasteiger partial charge in [0.15, 0.2) is 0 Å². The molecule has 0 aliphatic heterocycles. The predicted molar refractivity (Wildman–Crippen MR) is 63.5 cm³/mol. The van der Waals surface area contributed by atoms with Crippen molar-refractivity contribution in [3.05, 3.63) is 30.1 Å². The van der Waals surface area contributed by atoms with Crippen molar-refractivity contribution >= 4 is 5.78 Å². The summed E-state index contributed by atoms with van der Waals surface area (Å²) in [5.74, 6) is 0.462. The molecular weight excluding hydrogens is 219 g/mol. The Morgan fingerprint density at radius 2 is 2.12 bits per heavy atom. The van der Waals surface area contributed by atoms with E-state index in [1.54, 1.807) is 12.1 Å². The number of benzene rings is 1. The van der Waals surface area contributed by atoms with Gasteiger partial charge in [-0.15, -0.1) is 0 Å². The minimum absolute atomic E-state index is 0.105. The van der Waals surface area contributed by atoms with Crippen LogP contribution < -0.4 is 4.74 Å². The number of ketones is 1. The highest BCUT2D eigenvalue weighted by Crippen LogP contribution is 2.45. The summed E-state index contributed by atoms with van der Waals surface area (Å²) in [5.41, 5.74) is -0.355. The van der Waals surface area contributed by atoms with Crippen LogP contribution in [-0.2, 0) is 4.79 Å². The molecule has 0 spiro atoms. The van der Waals surface area contributed by atoms with Gasteiger partial charge < -0.3 is 4.74 Å². The molecule has 1 aliphatic carbocycles. The third-order valence-electron chi connectivity index (χ3n) is 3.88. The molecule has 2 rings (SSSR count). The number of carbonyl (C=O) groups is 1. The van der Waals surface area contributed by atoms with Crippen LogP contribution in [0.25, 0.3) is 0 Å². The quantitative estimate of drug-likeness (QED) is 0.801. The molecule has 0 aromatic heterocycles. The van der Waals surface area contributed by atoms with Gasteiger partial charge in [0.05, 0.1) is 5.41 Å². The number of hydrogen-bond acceptors (Lipinski definition) is 2. The minimum atomic E-state index is -0.355. The van der Waals surface area contributed by atoms with Crippen molar-refractivity contribution in [2.24, 2.45) is 5.41 Å². The standard InChI is InChI=1S/C14H17FO2/c1-3-14(4-2)12(16)9-13(14)17-11-7-5-6-10(15)8-11/h5-8,13H,3-4,9H2,1-2H3. The van der Waals surface area contributed by atoms with Crippen LogP contribution in [0.2, 0.25) is 0 Å². The number of carbonyl (C=O) groups excluding carboxylic acids is 1. The second-order valence-corrected chi connectivity index (χ2v) is 4.55. The van der Waals surface area contributed by atoms with E-state index >= 15 is 0 Å². The Kier molecular flexibility index (Phi) is 3.18. The van der Waals surface area contributed by atoms with Crippen molar-refractivity contribution in [2.75, 3.05) is 0 Å². The third-order valence-corrected chi connectivity index (χ3v) is 3.88. The van der Waals surface area contributed by atoms with E-state index in [2.05, 4.69) is 0 Å². The van der Waals surface area contributed by atoms with E-state index in [0.717, 1.165) is 12.8 Å². The zero-order valence-corrected chi connectivity index (χ0v) is 10.2. The van der Waals surface area contributed by atoms with Gasteiger partial charge >= 0.3 is 0 Å². The maximum atomic E-state index is 13.0. The van der Waals surface area contributed by atoms with E-state index < -0.39 is 0 Å². The van der Waals surface area contributed by atoms with Gasteiger partial charge in [-0.2, -0.15) is 0 Å². The highest BCUT2D eigenvalue weighted by atomic mass is 19.1. The van der Waals surface area contributed by atoms with Gasteiger partial charge in [0.1, 0.15) is 23.5 Å². The molecule has 0 bridgehead atoms. The number of rotatable bonds is 4. The van der Waals surface area contributed by atoms with Crippen molar-refractivity contribution in [1.29, 1.82) is 0 Å². The van der Waals surface area contributed by atoms with Gasteiger partial charge in [0.2, 0.25) is 0 Å². The zero-order valence-electron chi connectivity index (χ0n) is 10.2. The summed E-state index contributed by atoms with van der Waals surface area (Å²) in [6.07, 6.45) is 1.90. The molecule has 1 fully saturated rings. The summed E-state index contributed by atoms with van der Waals surface area (Å²) in [7, 11) is 0. The van der Waals surface area contributed by atoms with E-state index in [4.69, 9.17) is 4.74 Å². The third kappa shape index (κ3) is 1.94. The lowest BCUT2D eigenvalue weighted by Gasteiger charge is -2.46. The highest BCUT2D eigenvalue weighted by Gasteiger charge is 2.53. The van der Waals surface area contributed by atoms with Crippen molar-refractivity contribution in [3.63, 3.8) is 0 Å². The molecule has 0 radical (unpaired) electrons. The maximum Gasteiger partial charge on any atom is 0.146 e. The second kappa shape index (κ2) is 4.47. The summed E-state index contributed by atoms with van der Waals surface area (Å²) in [6, 6.07) is 6.08. The van der Waals surface area contributed by atoms with Crippen LogP contribution in [0.15, 0.2) is 24.3 Å². The lowest BCUT2D eigenvalue weighted by Crippen LogP contribution is -2.56. The van der Waals surface area contributed by atoms with Crippen molar-refractivity contribution < 1.29 is 13.9 Å². The first kappa shape index (κ1) is 12.1. The molecule has 1 atom stereocenters. The summed E-state index contributed by atoms with van der Waals surface area (Å²) in [6.45, 7) is 4.00. The maximum absolute atomic E-state index is 13.0. The fraction of sp³-hybridized carbons (Fsp3) is 0.500. The molecule has 17 heavy (non-hydrogen) atoms. The highest BCUT2D eigenvalue weighted by molar-refractivity contribution is 5.92. The second-order valence-electron chi connectivity index (χ2n) is 4.55. The lowest BCUT2D eigenvalue weighted by molar-refractivity contribution is -0.153. The fourth-order valence-electron chi connectivity index (χ4n) is 2.57. The minimum Gasteiger partial charge on any atom is -0.489 e. The molecule has 0 saturated heterocycles. The molecule has 3 heteroatoms. The van der Waals surface area contributed by atoms with E-state index in [1.807, 2.05) is 13.8 Å². The number of ether oxygens (including phenoxy) is 1. The van der Waals surface area contributed by atoms with Crippen molar-refractivity contribution in [2.45, 2.75) is 39.2 Å². The zero-order chi connectivity index (χ0) is 12.5. The molecule has 1 aliphatic rings. The SMILES string of the molecule is CCC1(CC)C(=O)CC1Oc1cccc(F)c1. The Morgan fingerprint density at radius 3 is 2.65 bits per heavy atom. The van der Waals surface area contributed by atoms with Crippen molar-refractivity contribution in [3.8, 4) is 5.75 Å². The van der Waals surface area contributed by atoms with Crippen LogP contribution in [-0.4, -0.2) is 11.9 Å². The first-order valence-electron chi connectivity index (χ1n) is 6.08. The topological polar surface area (TPSA) is 26.3 Å². The van der Waals surface area contributed by atoms with Crippen LogP contribution in [0.3, 0.4) is 0 Å². The number of halogens is 1. The lowest BCUT2D eigenvalue weighted by atomic mass is 9.61. The van der Waals surface area contributed by atoms with Gasteiger partial charge in [0, 0.05) is 12.5 Å². The Morgan fingerprint density at radius 1 is 1.41 bits per heavy atom. The Hall–Kier alpha value is -1.38. The molecule has 1 aromatic rings. The van der Waals surface area contributed by atoms with Gasteiger partial charge in [-0.3, -0.25) is 4.79 Å². The Labute approximate surface area is 101 Å². The first-order chi connectivity index (χ1) is 8.12. The molecule has 2 nitrogen and oxygen atoms in total. The van der Waals surface area contributed by atoms with Crippen LogP contribution in [0, 0.1) is 11.2 Å². The van der Waals surface area contributed by atoms with E-state index in [1.165, 1.54) is 12.1 Å². The summed E-state index contributed by atoms with van der Waals surface area (Å²) < 4.78 is 18.8. The smallest absolute Gasteiger partial charge is 0.146 e. The molecule has 1 aromatic carbocycles. The average Bonchev–Trinajstić information content (AvgIpc) is 2.30. The summed E-state index contributed by atoms with van der Waals surface area (Å²) in [5, 5.41) is 0. The van der Waals surface area contributed by atoms with Gasteiger partial charge in [-0.1, -0.05) is 19.9 Å². The molecule has 92 valence electrons. The summed E-state index contributed by atoms with van der Waals surface area (Å²) >= 11 is 0. The number of hydrogen-bond donors (Lipinski definition) is 0. The molecule has 0 amide bonds. The van der Waals surface area contributed by atoms with Crippen LogP contribution in [0.5, 0.6) is 5.75 Å². The van der Waals surface area contributed by atoms with Crippen molar-refractivity contribution in [1.82, 2.24) is 0 Å². The van der Waals surface area contributed by atoms with Gasteiger partial charge in [-0.25, -0.2) is 4.39 Å². The summed E-state index contributed by atoms with van der Waals surface area (Å²) in [4.78, 5) is 11.7. The Balaban J connectivity index is 2.13. The Bertz CT molecular complexity index is 424. The normalized spacial score (nSPS) is 22.1. The molecule has 0 heterocycles. The van der Waals surface area contributed by atoms with E-state index in [9.17, 15) is 9.18 Å². The predicted octanol–water partition coefficient (Wildman–Crippen LogP) is 3.35. The molecule has 1 unspecified atom stereocenters. The average molecular weight is 236 g/mol. The van der Waals surface area contributed by atoms with E-state index in [0.29, 0.717) is 12.2 Å². The van der Waals surface area contributed by atoms with Crippen LogP contribution in [0.1, 0.15) is 33.1 Å². The first-order valence-corrected chi connectivity index (χ1v) is 6.08. The van der Waals surface area contributed by atoms with Crippen LogP contribution >= 0.6 is 0 Å². The van der Waals surface area contributed by atoms with Crippen LogP contribution in [0.4, 0.5) is 4.39 Å². The molecule has 1 saturated carbocycles. The fourth-order valence-corrected chi connectivity index (χ4v) is 2.57. The largest absolute Gasteiger partial charge is 0.489 e. The van der Waals surface area contributed by atoms with Gasteiger partial charge in [-0.05, 0) is 25.0 Å². The molecular formula is C14H17FO2. The van der Waals surface area contributed by atoms with Gasteiger partial charge in [0.25, 0.3) is 0 Å². The number of Topliss-reactive ketones (excluding diaryl/α,β-unsaturated/α-hetero) is 1. The van der Waals surface area contributed by atoms with E-state index in [-0.39, 0.29) is 23.1 Å². The molecule has 0 N–H and O–H groups in total. The monoisotopic (exact) mass is 236 g/mol.